The van der Waals surface area contributed by atoms with E-state index in [2.05, 4.69) is 10.6 Å². The SMILES string of the molecule is NC(=O)NCC1CCCN(C(=O)[C@@H]2CCCNC2)C1. The zero-order valence-corrected chi connectivity index (χ0v) is 11.4. The fourth-order valence-electron chi connectivity index (χ4n) is 3.00. The molecule has 4 N–H and O–H groups in total. The summed E-state index contributed by atoms with van der Waals surface area (Å²) in [5.41, 5.74) is 5.08. The molecule has 3 amide bonds. The van der Waals surface area contributed by atoms with Crippen molar-refractivity contribution >= 4 is 11.9 Å². The number of piperidine rings is 2. The highest BCUT2D eigenvalue weighted by Gasteiger charge is 2.29. The highest BCUT2D eigenvalue weighted by atomic mass is 16.2. The van der Waals surface area contributed by atoms with E-state index in [1.54, 1.807) is 0 Å². The Bertz CT molecular complexity index is 329. The van der Waals surface area contributed by atoms with Gasteiger partial charge in [0.05, 0.1) is 5.92 Å². The first-order chi connectivity index (χ1) is 9.16. The average Bonchev–Trinajstić information content (AvgIpc) is 2.45. The zero-order valence-electron chi connectivity index (χ0n) is 11.4. The van der Waals surface area contributed by atoms with Crippen LogP contribution in [0.2, 0.25) is 0 Å². The summed E-state index contributed by atoms with van der Waals surface area (Å²) in [4.78, 5) is 25.1. The van der Waals surface area contributed by atoms with Crippen LogP contribution in [0.1, 0.15) is 25.7 Å². The van der Waals surface area contributed by atoms with E-state index in [1.807, 2.05) is 4.90 Å². The van der Waals surface area contributed by atoms with Crippen molar-refractivity contribution in [3.05, 3.63) is 0 Å². The van der Waals surface area contributed by atoms with Crippen molar-refractivity contribution in [1.82, 2.24) is 15.5 Å². The molecule has 19 heavy (non-hydrogen) atoms. The van der Waals surface area contributed by atoms with Crippen LogP contribution >= 0.6 is 0 Å². The summed E-state index contributed by atoms with van der Waals surface area (Å²) in [6.07, 6.45) is 4.13. The lowest BCUT2D eigenvalue weighted by atomic mass is 9.93. The Kier molecular flexibility index (Phi) is 5.01. The summed E-state index contributed by atoms with van der Waals surface area (Å²) in [7, 11) is 0. The Morgan fingerprint density at radius 1 is 1.32 bits per heavy atom. The predicted molar refractivity (Wildman–Crippen MR) is 72.5 cm³/mol. The van der Waals surface area contributed by atoms with Crippen molar-refractivity contribution in [2.75, 3.05) is 32.7 Å². The van der Waals surface area contributed by atoms with Gasteiger partial charge in [-0.15, -0.1) is 0 Å². The third-order valence-corrected chi connectivity index (χ3v) is 4.04. The van der Waals surface area contributed by atoms with Crippen molar-refractivity contribution in [3.63, 3.8) is 0 Å². The van der Waals surface area contributed by atoms with Gasteiger partial charge < -0.3 is 21.3 Å². The first-order valence-electron chi connectivity index (χ1n) is 7.19. The third kappa shape index (κ3) is 4.09. The molecule has 2 fully saturated rings. The van der Waals surface area contributed by atoms with E-state index in [-0.39, 0.29) is 11.8 Å². The Morgan fingerprint density at radius 3 is 2.84 bits per heavy atom. The number of hydrogen-bond donors (Lipinski definition) is 3. The van der Waals surface area contributed by atoms with Crippen LogP contribution in [-0.2, 0) is 4.79 Å². The highest BCUT2D eigenvalue weighted by molar-refractivity contribution is 5.79. The molecule has 108 valence electrons. The van der Waals surface area contributed by atoms with E-state index in [4.69, 9.17) is 5.73 Å². The quantitative estimate of drug-likeness (QED) is 0.667. The van der Waals surface area contributed by atoms with Gasteiger partial charge in [0.2, 0.25) is 5.91 Å². The summed E-state index contributed by atoms with van der Waals surface area (Å²) >= 11 is 0. The molecule has 0 radical (unpaired) electrons. The van der Waals surface area contributed by atoms with Crippen LogP contribution in [0.5, 0.6) is 0 Å². The predicted octanol–water partition coefficient (Wildman–Crippen LogP) is -0.107. The number of amides is 3. The van der Waals surface area contributed by atoms with Gasteiger partial charge in [0.1, 0.15) is 0 Å². The molecule has 0 saturated carbocycles. The van der Waals surface area contributed by atoms with Gasteiger partial charge in [0.15, 0.2) is 0 Å². The van der Waals surface area contributed by atoms with E-state index in [1.165, 1.54) is 0 Å². The number of carbonyl (C=O) groups excluding carboxylic acids is 2. The second-order valence-electron chi connectivity index (χ2n) is 5.58. The maximum Gasteiger partial charge on any atom is 0.312 e. The molecule has 2 saturated heterocycles. The number of nitrogens with one attached hydrogen (secondary N) is 2. The molecular formula is C13H24N4O2. The lowest BCUT2D eigenvalue weighted by Crippen LogP contribution is -2.48. The maximum absolute atomic E-state index is 12.4. The van der Waals surface area contributed by atoms with Crippen LogP contribution in [0.3, 0.4) is 0 Å². The van der Waals surface area contributed by atoms with Crippen molar-refractivity contribution in [2.45, 2.75) is 25.7 Å². The number of carbonyl (C=O) groups is 2. The second-order valence-corrected chi connectivity index (χ2v) is 5.58. The topological polar surface area (TPSA) is 87.5 Å². The molecule has 0 aromatic heterocycles. The maximum atomic E-state index is 12.4. The Hall–Kier alpha value is -1.30. The molecule has 2 rings (SSSR count). The number of nitrogens with two attached hydrogens (primary N) is 1. The van der Waals surface area contributed by atoms with Crippen molar-refractivity contribution < 1.29 is 9.59 Å². The minimum absolute atomic E-state index is 0.136. The summed E-state index contributed by atoms with van der Waals surface area (Å²) in [5.74, 6) is 0.745. The second kappa shape index (κ2) is 6.75. The van der Waals surface area contributed by atoms with E-state index < -0.39 is 6.03 Å². The van der Waals surface area contributed by atoms with Crippen LogP contribution in [0.4, 0.5) is 4.79 Å². The molecule has 2 aliphatic heterocycles. The van der Waals surface area contributed by atoms with Crippen LogP contribution in [0.15, 0.2) is 0 Å². The van der Waals surface area contributed by atoms with Gasteiger partial charge in [-0.2, -0.15) is 0 Å². The Balaban J connectivity index is 1.82. The summed E-state index contributed by atoms with van der Waals surface area (Å²) < 4.78 is 0. The van der Waals surface area contributed by atoms with Gasteiger partial charge in [0.25, 0.3) is 0 Å². The Labute approximate surface area is 114 Å². The molecule has 6 heteroatoms. The first-order valence-corrected chi connectivity index (χ1v) is 7.19. The van der Waals surface area contributed by atoms with Crippen LogP contribution in [0, 0.1) is 11.8 Å². The van der Waals surface area contributed by atoms with E-state index >= 15 is 0 Å². The minimum atomic E-state index is -0.486. The van der Waals surface area contributed by atoms with Crippen LogP contribution in [0.25, 0.3) is 0 Å². The molecule has 0 spiro atoms. The molecule has 2 aliphatic rings. The number of hydrogen-bond acceptors (Lipinski definition) is 3. The van der Waals surface area contributed by atoms with Crippen molar-refractivity contribution in [2.24, 2.45) is 17.6 Å². The monoisotopic (exact) mass is 268 g/mol. The molecule has 1 unspecified atom stereocenters. The molecule has 0 aromatic rings. The minimum Gasteiger partial charge on any atom is -0.352 e. The van der Waals surface area contributed by atoms with E-state index in [9.17, 15) is 9.59 Å². The summed E-state index contributed by atoms with van der Waals surface area (Å²) in [5, 5.41) is 5.93. The number of likely N-dealkylation sites (tertiary alicyclic amines) is 1. The standard InChI is InChI=1S/C13H24N4O2/c14-13(19)16-7-10-3-2-6-17(9-10)12(18)11-4-1-5-15-8-11/h10-11,15H,1-9H2,(H3,14,16,19)/t10?,11-/m1/s1. The molecule has 2 heterocycles. The van der Waals surface area contributed by atoms with E-state index in [0.29, 0.717) is 12.5 Å². The Morgan fingerprint density at radius 2 is 2.16 bits per heavy atom. The zero-order chi connectivity index (χ0) is 13.7. The van der Waals surface area contributed by atoms with Gasteiger partial charge in [-0.1, -0.05) is 0 Å². The molecule has 0 aliphatic carbocycles. The molecule has 0 bridgehead atoms. The largest absolute Gasteiger partial charge is 0.352 e. The average molecular weight is 268 g/mol. The van der Waals surface area contributed by atoms with Gasteiger partial charge in [-0.3, -0.25) is 4.79 Å². The lowest BCUT2D eigenvalue weighted by Gasteiger charge is -2.36. The molecule has 2 atom stereocenters. The van der Waals surface area contributed by atoms with Gasteiger partial charge in [0, 0.05) is 26.2 Å². The number of nitrogens with zero attached hydrogens (tertiary/aromatic N) is 1. The highest BCUT2D eigenvalue weighted by Crippen LogP contribution is 2.20. The first kappa shape index (κ1) is 14.1. The van der Waals surface area contributed by atoms with Crippen LogP contribution in [-0.4, -0.2) is 49.6 Å². The summed E-state index contributed by atoms with van der Waals surface area (Å²) in [6.45, 7) is 3.99. The van der Waals surface area contributed by atoms with Gasteiger partial charge >= 0.3 is 6.03 Å². The van der Waals surface area contributed by atoms with Crippen molar-refractivity contribution in [3.8, 4) is 0 Å². The lowest BCUT2D eigenvalue weighted by molar-refractivity contribution is -0.137. The normalized spacial score (nSPS) is 27.9. The molecule has 6 nitrogen and oxygen atoms in total. The number of rotatable bonds is 3. The molecular weight excluding hydrogens is 244 g/mol. The smallest absolute Gasteiger partial charge is 0.312 e. The van der Waals surface area contributed by atoms with Crippen LogP contribution < -0.4 is 16.4 Å². The summed E-state index contributed by atoms with van der Waals surface area (Å²) in [6, 6.07) is -0.486. The fraction of sp³-hybridized carbons (Fsp3) is 0.846. The van der Waals surface area contributed by atoms with Gasteiger partial charge in [-0.25, -0.2) is 4.79 Å². The number of primary amides is 1. The van der Waals surface area contributed by atoms with E-state index in [0.717, 1.165) is 51.9 Å². The van der Waals surface area contributed by atoms with Gasteiger partial charge in [-0.05, 0) is 38.1 Å². The fourth-order valence-corrected chi connectivity index (χ4v) is 3.00. The third-order valence-electron chi connectivity index (χ3n) is 4.04. The van der Waals surface area contributed by atoms with Crippen molar-refractivity contribution in [1.29, 1.82) is 0 Å². The number of urea groups is 1. The molecule has 0 aromatic carbocycles.